The van der Waals surface area contributed by atoms with Gasteiger partial charge in [-0.15, -0.1) is 0 Å². The minimum Gasteiger partial charge on any atom is -0.508 e. The summed E-state index contributed by atoms with van der Waals surface area (Å²) in [7, 11) is 0. The Bertz CT molecular complexity index is 1100. The van der Waals surface area contributed by atoms with Gasteiger partial charge < -0.3 is 30.9 Å². The van der Waals surface area contributed by atoms with Gasteiger partial charge in [-0.3, -0.25) is 14.4 Å². The number of nitrogens with zero attached hydrogens (tertiary/aromatic N) is 2. The molecule has 10 heteroatoms. The molecule has 1 aliphatic heterocycles. The minimum absolute atomic E-state index is 0.0546. The average molecular weight is 498 g/mol. The van der Waals surface area contributed by atoms with Gasteiger partial charge in [0.05, 0.1) is 12.0 Å². The number of likely N-dealkylation sites (tertiary alicyclic amines) is 1. The number of benzene rings is 1. The zero-order valence-corrected chi connectivity index (χ0v) is 20.8. The number of amides is 3. The fourth-order valence-corrected chi connectivity index (χ4v) is 4.48. The number of aromatic nitrogens is 1. The van der Waals surface area contributed by atoms with Gasteiger partial charge in [0, 0.05) is 37.7 Å². The topological polar surface area (TPSA) is 151 Å². The number of hydrogen-bond acceptors (Lipinski definition) is 7. The Balaban J connectivity index is 1.34. The summed E-state index contributed by atoms with van der Waals surface area (Å²) in [5, 5.41) is 19.5. The molecule has 1 aliphatic carbocycles. The van der Waals surface area contributed by atoms with Crippen LogP contribution in [0.4, 0.5) is 0 Å². The number of carbonyl (C=O) groups is 3. The Morgan fingerprint density at radius 2 is 1.92 bits per heavy atom. The number of piperidine rings is 1. The first-order valence-electron chi connectivity index (χ1n) is 12.6. The molecule has 2 aliphatic rings. The molecule has 2 aromatic rings. The van der Waals surface area contributed by atoms with Crippen molar-refractivity contribution in [3.8, 4) is 5.75 Å². The number of nitrogens with two attached hydrogens (primary N) is 1. The second kappa shape index (κ2) is 11.1. The SMILES string of the molecule is Cc1cc(C[C@@H](CNC(=O)[C@@H](C)N)C(=O)N2CCC(NC(=O)c3cc(C4CC4)on3)CC2)ccc1O. The zero-order chi connectivity index (χ0) is 25.8. The van der Waals surface area contributed by atoms with Gasteiger partial charge in [-0.25, -0.2) is 0 Å². The van der Waals surface area contributed by atoms with Gasteiger partial charge >= 0.3 is 0 Å². The summed E-state index contributed by atoms with van der Waals surface area (Å²) in [6, 6.07) is 6.25. The number of nitrogens with one attached hydrogen (secondary N) is 2. The number of carbonyl (C=O) groups excluding carboxylic acids is 3. The van der Waals surface area contributed by atoms with Crippen LogP contribution in [-0.2, 0) is 16.0 Å². The van der Waals surface area contributed by atoms with Crippen molar-refractivity contribution in [1.82, 2.24) is 20.7 Å². The molecule has 36 heavy (non-hydrogen) atoms. The first-order valence-corrected chi connectivity index (χ1v) is 12.6. The number of rotatable bonds is 9. The molecule has 0 bridgehead atoms. The van der Waals surface area contributed by atoms with Crippen LogP contribution < -0.4 is 16.4 Å². The van der Waals surface area contributed by atoms with Crippen LogP contribution in [0.2, 0.25) is 0 Å². The van der Waals surface area contributed by atoms with E-state index in [0.29, 0.717) is 44.0 Å². The Morgan fingerprint density at radius 3 is 2.56 bits per heavy atom. The summed E-state index contributed by atoms with van der Waals surface area (Å²) in [5.74, 6) is 0.268. The van der Waals surface area contributed by atoms with E-state index in [1.54, 1.807) is 36.9 Å². The van der Waals surface area contributed by atoms with E-state index in [2.05, 4.69) is 15.8 Å². The highest BCUT2D eigenvalue weighted by molar-refractivity contribution is 5.92. The lowest BCUT2D eigenvalue weighted by molar-refractivity contribution is -0.136. The highest BCUT2D eigenvalue weighted by Crippen LogP contribution is 2.40. The second-order valence-corrected chi connectivity index (χ2v) is 10.0. The minimum atomic E-state index is -0.666. The monoisotopic (exact) mass is 497 g/mol. The Morgan fingerprint density at radius 1 is 1.19 bits per heavy atom. The molecule has 0 spiro atoms. The van der Waals surface area contributed by atoms with Gasteiger partial charge in [0.2, 0.25) is 11.8 Å². The van der Waals surface area contributed by atoms with Crippen LogP contribution in [0.5, 0.6) is 5.75 Å². The summed E-state index contributed by atoms with van der Waals surface area (Å²) in [5.41, 5.74) is 7.59. The van der Waals surface area contributed by atoms with Crippen molar-refractivity contribution in [2.24, 2.45) is 11.7 Å². The van der Waals surface area contributed by atoms with Gasteiger partial charge in [0.25, 0.3) is 5.91 Å². The molecule has 2 fully saturated rings. The molecule has 3 amide bonds. The van der Waals surface area contributed by atoms with Crippen molar-refractivity contribution in [1.29, 1.82) is 0 Å². The molecule has 1 aromatic carbocycles. The lowest BCUT2D eigenvalue weighted by Gasteiger charge is -2.34. The summed E-state index contributed by atoms with van der Waals surface area (Å²) < 4.78 is 5.28. The van der Waals surface area contributed by atoms with Crippen LogP contribution >= 0.6 is 0 Å². The Hall–Kier alpha value is -3.40. The van der Waals surface area contributed by atoms with E-state index in [9.17, 15) is 19.5 Å². The van der Waals surface area contributed by atoms with Crippen molar-refractivity contribution in [3.05, 3.63) is 46.8 Å². The first-order chi connectivity index (χ1) is 17.2. The summed E-state index contributed by atoms with van der Waals surface area (Å²) >= 11 is 0. The molecule has 1 aromatic heterocycles. The van der Waals surface area contributed by atoms with Crippen molar-refractivity contribution in [2.45, 2.75) is 64.0 Å². The molecule has 1 saturated carbocycles. The lowest BCUT2D eigenvalue weighted by Crippen LogP contribution is -2.50. The van der Waals surface area contributed by atoms with Crippen molar-refractivity contribution < 1.29 is 24.0 Å². The molecule has 2 heterocycles. The second-order valence-electron chi connectivity index (χ2n) is 10.0. The van der Waals surface area contributed by atoms with Gasteiger partial charge in [-0.1, -0.05) is 17.3 Å². The molecular weight excluding hydrogens is 462 g/mol. The van der Waals surface area contributed by atoms with Crippen LogP contribution in [0.15, 0.2) is 28.8 Å². The molecule has 0 unspecified atom stereocenters. The molecule has 194 valence electrons. The van der Waals surface area contributed by atoms with Crippen LogP contribution in [0.25, 0.3) is 0 Å². The van der Waals surface area contributed by atoms with E-state index in [1.165, 1.54) is 0 Å². The van der Waals surface area contributed by atoms with Crippen LogP contribution in [0.1, 0.15) is 65.9 Å². The quantitative estimate of drug-likeness (QED) is 0.411. The molecule has 2 atom stereocenters. The summed E-state index contributed by atoms with van der Waals surface area (Å²) in [6.45, 7) is 4.58. The smallest absolute Gasteiger partial charge is 0.273 e. The average Bonchev–Trinajstić information content (AvgIpc) is 3.59. The highest BCUT2D eigenvalue weighted by Gasteiger charge is 2.31. The Kier molecular flexibility index (Phi) is 7.93. The molecule has 10 nitrogen and oxygen atoms in total. The van der Waals surface area contributed by atoms with Crippen LogP contribution in [0.3, 0.4) is 0 Å². The number of phenols is 1. The third-order valence-corrected chi connectivity index (χ3v) is 6.91. The third-order valence-electron chi connectivity index (χ3n) is 6.91. The predicted molar refractivity (Wildman–Crippen MR) is 132 cm³/mol. The highest BCUT2D eigenvalue weighted by atomic mass is 16.5. The van der Waals surface area contributed by atoms with Crippen LogP contribution in [0, 0.1) is 12.8 Å². The number of aromatic hydroxyl groups is 1. The summed E-state index contributed by atoms with van der Waals surface area (Å²) in [4.78, 5) is 39.9. The van der Waals surface area contributed by atoms with E-state index in [0.717, 1.165) is 29.7 Å². The van der Waals surface area contributed by atoms with Crippen molar-refractivity contribution >= 4 is 17.7 Å². The maximum absolute atomic E-state index is 13.4. The van der Waals surface area contributed by atoms with Crippen LogP contribution in [-0.4, -0.2) is 64.6 Å². The standard InChI is InChI=1S/C26H35N5O5/c1-15-11-17(3-6-22(15)32)12-19(14-28-24(33)16(2)27)26(35)31-9-7-20(8-10-31)29-25(34)21-13-23(36-30-21)18-4-5-18/h3,6,11,13,16,18-20,32H,4-5,7-10,12,14,27H2,1-2H3,(H,28,33)(H,29,34)/t16-,19+/m1/s1. The van der Waals surface area contributed by atoms with E-state index in [1.807, 2.05) is 6.07 Å². The number of phenolic OH excluding ortho intramolecular Hbond substituents is 1. The van der Waals surface area contributed by atoms with E-state index in [-0.39, 0.29) is 36.1 Å². The number of aryl methyl sites for hydroxylation is 1. The first kappa shape index (κ1) is 25.7. The zero-order valence-electron chi connectivity index (χ0n) is 20.8. The number of hydrogen-bond donors (Lipinski definition) is 4. The normalized spacial score (nSPS) is 17.9. The molecule has 5 N–H and O–H groups in total. The maximum Gasteiger partial charge on any atom is 0.273 e. The molecule has 4 rings (SSSR count). The largest absolute Gasteiger partial charge is 0.508 e. The van der Waals surface area contributed by atoms with Gasteiger partial charge in [0.15, 0.2) is 5.69 Å². The van der Waals surface area contributed by atoms with Crippen molar-refractivity contribution in [3.63, 3.8) is 0 Å². The summed E-state index contributed by atoms with van der Waals surface area (Å²) in [6.07, 6.45) is 3.82. The molecule has 0 radical (unpaired) electrons. The van der Waals surface area contributed by atoms with E-state index in [4.69, 9.17) is 10.3 Å². The lowest BCUT2D eigenvalue weighted by atomic mass is 9.94. The van der Waals surface area contributed by atoms with Gasteiger partial charge in [0.1, 0.15) is 11.5 Å². The van der Waals surface area contributed by atoms with E-state index < -0.39 is 12.0 Å². The molecule has 1 saturated heterocycles. The fraction of sp³-hybridized carbons (Fsp3) is 0.538. The maximum atomic E-state index is 13.4. The van der Waals surface area contributed by atoms with Gasteiger partial charge in [-0.05, 0) is 63.1 Å². The van der Waals surface area contributed by atoms with E-state index >= 15 is 0 Å². The van der Waals surface area contributed by atoms with Gasteiger partial charge in [-0.2, -0.15) is 0 Å². The third kappa shape index (κ3) is 6.42. The van der Waals surface area contributed by atoms with Crippen molar-refractivity contribution in [2.75, 3.05) is 19.6 Å². The Labute approximate surface area is 210 Å². The predicted octanol–water partition coefficient (Wildman–Crippen LogP) is 1.61. The molecular formula is C26H35N5O5. The fourth-order valence-electron chi connectivity index (χ4n) is 4.48.